The number of nitrogens with one attached hydrogen (secondary N) is 1. The van der Waals surface area contributed by atoms with Crippen molar-refractivity contribution < 1.29 is 14.3 Å². The molecule has 1 rings (SSSR count). The van der Waals surface area contributed by atoms with E-state index in [-0.39, 0.29) is 18.4 Å². The standard InChI is InChI=1S/C11H17N3O3/c1-14(7-9(15)13-5-6-17-2)10(16)11(8-12)3-4-11/h3-7H2,1-2H3,(H,13,15). The zero-order valence-electron chi connectivity index (χ0n) is 10.2. The SMILES string of the molecule is COCCNC(=O)CN(C)C(=O)C1(C#N)CC1. The summed E-state index contributed by atoms with van der Waals surface area (Å²) in [4.78, 5) is 24.6. The maximum absolute atomic E-state index is 11.8. The molecule has 0 aliphatic heterocycles. The summed E-state index contributed by atoms with van der Waals surface area (Å²) in [5.74, 6) is -0.506. The van der Waals surface area contributed by atoms with E-state index in [2.05, 4.69) is 5.32 Å². The number of hydrogen-bond donors (Lipinski definition) is 1. The largest absolute Gasteiger partial charge is 0.383 e. The van der Waals surface area contributed by atoms with E-state index in [0.29, 0.717) is 26.0 Å². The minimum Gasteiger partial charge on any atom is -0.383 e. The van der Waals surface area contributed by atoms with Crippen molar-refractivity contribution in [2.45, 2.75) is 12.8 Å². The Bertz CT molecular complexity index is 344. The van der Waals surface area contributed by atoms with Crippen LogP contribution in [0.5, 0.6) is 0 Å². The van der Waals surface area contributed by atoms with Crippen molar-refractivity contribution in [2.75, 3.05) is 33.9 Å². The molecule has 17 heavy (non-hydrogen) atoms. The van der Waals surface area contributed by atoms with Crippen LogP contribution in [0, 0.1) is 16.7 Å². The molecular weight excluding hydrogens is 222 g/mol. The van der Waals surface area contributed by atoms with E-state index in [9.17, 15) is 9.59 Å². The summed E-state index contributed by atoms with van der Waals surface area (Å²) in [6.07, 6.45) is 1.19. The lowest BCUT2D eigenvalue weighted by Gasteiger charge is -2.19. The number of amides is 2. The van der Waals surface area contributed by atoms with E-state index in [1.807, 2.05) is 6.07 Å². The highest BCUT2D eigenvalue weighted by Crippen LogP contribution is 2.46. The molecule has 0 saturated heterocycles. The van der Waals surface area contributed by atoms with Crippen LogP contribution >= 0.6 is 0 Å². The smallest absolute Gasteiger partial charge is 0.243 e. The predicted octanol–water partition coefficient (Wildman–Crippen LogP) is -0.489. The molecule has 6 nitrogen and oxygen atoms in total. The van der Waals surface area contributed by atoms with E-state index < -0.39 is 5.41 Å². The summed E-state index contributed by atoms with van der Waals surface area (Å²) < 4.78 is 4.79. The maximum atomic E-state index is 11.8. The number of nitrogens with zero attached hydrogens (tertiary/aromatic N) is 2. The lowest BCUT2D eigenvalue weighted by Crippen LogP contribution is -2.42. The van der Waals surface area contributed by atoms with Crippen molar-refractivity contribution in [1.82, 2.24) is 10.2 Å². The zero-order chi connectivity index (χ0) is 12.9. The number of methoxy groups -OCH3 is 1. The van der Waals surface area contributed by atoms with Gasteiger partial charge in [0.1, 0.15) is 5.41 Å². The van der Waals surface area contributed by atoms with Gasteiger partial charge in [-0.15, -0.1) is 0 Å². The van der Waals surface area contributed by atoms with Gasteiger partial charge in [0, 0.05) is 20.7 Å². The van der Waals surface area contributed by atoms with Crippen molar-refractivity contribution in [3.63, 3.8) is 0 Å². The van der Waals surface area contributed by atoms with Crippen molar-refractivity contribution in [1.29, 1.82) is 5.26 Å². The predicted molar refractivity (Wildman–Crippen MR) is 59.8 cm³/mol. The Balaban J connectivity index is 2.34. The first-order valence-electron chi connectivity index (χ1n) is 5.48. The third-order valence-electron chi connectivity index (χ3n) is 2.73. The average molecular weight is 239 g/mol. The Kier molecular flexibility index (Phi) is 4.46. The van der Waals surface area contributed by atoms with E-state index in [4.69, 9.17) is 10.00 Å². The molecule has 0 aromatic carbocycles. The quantitative estimate of drug-likeness (QED) is 0.634. The van der Waals surface area contributed by atoms with Gasteiger partial charge in [-0.1, -0.05) is 0 Å². The van der Waals surface area contributed by atoms with Crippen LogP contribution in [0.1, 0.15) is 12.8 Å². The summed E-state index contributed by atoms with van der Waals surface area (Å²) >= 11 is 0. The van der Waals surface area contributed by atoms with Gasteiger partial charge in [-0.25, -0.2) is 0 Å². The minimum atomic E-state index is -0.860. The molecule has 1 N–H and O–H groups in total. The fourth-order valence-electron chi connectivity index (χ4n) is 1.50. The Hall–Kier alpha value is -1.61. The van der Waals surface area contributed by atoms with Crippen LogP contribution in [0.15, 0.2) is 0 Å². The monoisotopic (exact) mass is 239 g/mol. The van der Waals surface area contributed by atoms with Gasteiger partial charge >= 0.3 is 0 Å². The first-order chi connectivity index (χ1) is 8.05. The Morgan fingerprint density at radius 2 is 2.18 bits per heavy atom. The molecule has 0 spiro atoms. The third-order valence-corrected chi connectivity index (χ3v) is 2.73. The molecule has 0 atom stereocenters. The second kappa shape index (κ2) is 5.64. The Morgan fingerprint density at radius 3 is 2.65 bits per heavy atom. The van der Waals surface area contributed by atoms with Crippen LogP contribution in [0.3, 0.4) is 0 Å². The number of likely N-dealkylation sites (N-methyl/N-ethyl adjacent to an activating group) is 1. The topological polar surface area (TPSA) is 82.4 Å². The van der Waals surface area contributed by atoms with Gasteiger partial charge < -0.3 is 15.0 Å². The maximum Gasteiger partial charge on any atom is 0.243 e. The number of ether oxygens (including phenoxy) is 1. The number of carbonyl (C=O) groups is 2. The van der Waals surface area contributed by atoms with Gasteiger partial charge in [0.15, 0.2) is 0 Å². The highest BCUT2D eigenvalue weighted by molar-refractivity contribution is 5.91. The van der Waals surface area contributed by atoms with Crippen LogP contribution in [0.2, 0.25) is 0 Å². The molecule has 6 heteroatoms. The lowest BCUT2D eigenvalue weighted by molar-refractivity contribution is -0.137. The van der Waals surface area contributed by atoms with E-state index in [1.165, 1.54) is 11.9 Å². The third kappa shape index (κ3) is 3.43. The van der Waals surface area contributed by atoms with Gasteiger partial charge in [0.25, 0.3) is 0 Å². The molecule has 1 saturated carbocycles. The van der Waals surface area contributed by atoms with Crippen molar-refractivity contribution in [3.8, 4) is 6.07 Å². The molecule has 2 amide bonds. The molecule has 0 bridgehead atoms. The average Bonchev–Trinajstić information content (AvgIpc) is 3.09. The van der Waals surface area contributed by atoms with Crippen molar-refractivity contribution in [2.24, 2.45) is 5.41 Å². The number of hydrogen-bond acceptors (Lipinski definition) is 4. The summed E-state index contributed by atoms with van der Waals surface area (Å²) in [6, 6.07) is 2.02. The van der Waals surface area contributed by atoms with Crippen molar-refractivity contribution >= 4 is 11.8 Å². The molecule has 0 aromatic rings. The highest BCUT2D eigenvalue weighted by Gasteiger charge is 2.52. The molecule has 0 aromatic heterocycles. The van der Waals surface area contributed by atoms with Gasteiger partial charge in [-0.3, -0.25) is 9.59 Å². The second-order valence-electron chi connectivity index (χ2n) is 4.20. The minimum absolute atomic E-state index is 0.0218. The molecule has 0 radical (unpaired) electrons. The Morgan fingerprint density at radius 1 is 1.53 bits per heavy atom. The van der Waals surface area contributed by atoms with Gasteiger partial charge in [-0.05, 0) is 12.8 Å². The first-order valence-corrected chi connectivity index (χ1v) is 5.48. The van der Waals surface area contributed by atoms with Crippen LogP contribution in [0.4, 0.5) is 0 Å². The van der Waals surface area contributed by atoms with Crippen LogP contribution in [0.25, 0.3) is 0 Å². The van der Waals surface area contributed by atoms with E-state index in [0.717, 1.165) is 0 Å². The van der Waals surface area contributed by atoms with E-state index >= 15 is 0 Å². The normalized spacial score (nSPS) is 15.8. The van der Waals surface area contributed by atoms with Gasteiger partial charge in [-0.2, -0.15) is 5.26 Å². The van der Waals surface area contributed by atoms with E-state index in [1.54, 1.807) is 7.11 Å². The molecular formula is C11H17N3O3. The molecule has 0 heterocycles. The lowest BCUT2D eigenvalue weighted by atomic mass is 10.1. The first kappa shape index (κ1) is 13.5. The summed E-state index contributed by atoms with van der Waals surface area (Å²) in [5.41, 5.74) is -0.860. The number of carbonyl (C=O) groups excluding carboxylic acids is 2. The summed E-state index contributed by atoms with van der Waals surface area (Å²) in [6.45, 7) is 0.832. The number of nitriles is 1. The molecule has 1 aliphatic rings. The molecule has 94 valence electrons. The fraction of sp³-hybridized carbons (Fsp3) is 0.727. The summed E-state index contributed by atoms with van der Waals surface area (Å²) in [5, 5.41) is 11.5. The number of rotatable bonds is 6. The molecule has 0 unspecified atom stereocenters. The highest BCUT2D eigenvalue weighted by atomic mass is 16.5. The van der Waals surface area contributed by atoms with Gasteiger partial charge in [0.2, 0.25) is 11.8 Å². The molecule has 1 aliphatic carbocycles. The Labute approximate surface area is 101 Å². The fourth-order valence-corrected chi connectivity index (χ4v) is 1.50. The molecule has 1 fully saturated rings. The summed E-state index contributed by atoms with van der Waals surface area (Å²) in [7, 11) is 3.08. The van der Waals surface area contributed by atoms with Crippen molar-refractivity contribution in [3.05, 3.63) is 0 Å². The van der Waals surface area contributed by atoms with Crippen LogP contribution in [-0.4, -0.2) is 50.6 Å². The van der Waals surface area contributed by atoms with Gasteiger partial charge in [0.05, 0.1) is 19.2 Å². The van der Waals surface area contributed by atoms with Crippen LogP contribution in [-0.2, 0) is 14.3 Å². The van der Waals surface area contributed by atoms with Crippen LogP contribution < -0.4 is 5.32 Å². The second-order valence-corrected chi connectivity index (χ2v) is 4.20. The zero-order valence-corrected chi connectivity index (χ0v) is 10.2.